The first-order chi connectivity index (χ1) is 11.5. The maximum absolute atomic E-state index is 12.2. The first-order valence-electron chi connectivity index (χ1n) is 8.08. The largest absolute Gasteiger partial charge is 0.465 e. The van der Waals surface area contributed by atoms with E-state index in [4.69, 9.17) is 0 Å². The van der Waals surface area contributed by atoms with Gasteiger partial charge in [0.25, 0.3) is 0 Å². The summed E-state index contributed by atoms with van der Waals surface area (Å²) >= 11 is 0. The molecular formula is C16H25N3O4S. The molecule has 0 saturated carbocycles. The molecule has 0 amide bonds. The van der Waals surface area contributed by atoms with Crippen LogP contribution in [0.1, 0.15) is 22.3 Å². The van der Waals surface area contributed by atoms with Crippen molar-refractivity contribution in [3.05, 3.63) is 35.4 Å². The van der Waals surface area contributed by atoms with Crippen molar-refractivity contribution in [2.45, 2.75) is 12.2 Å². The third-order valence-corrected chi connectivity index (χ3v) is 5.24. The topological polar surface area (TPSA) is 87.7 Å². The van der Waals surface area contributed by atoms with Crippen LogP contribution in [0.2, 0.25) is 0 Å². The lowest BCUT2D eigenvalue weighted by molar-refractivity contribution is 0.0600. The van der Waals surface area contributed by atoms with Gasteiger partial charge in [0.2, 0.25) is 10.0 Å². The number of sulfonamides is 1. The highest BCUT2D eigenvalue weighted by molar-refractivity contribution is 7.88. The fourth-order valence-electron chi connectivity index (χ4n) is 2.64. The lowest BCUT2D eigenvalue weighted by Crippen LogP contribution is -2.44. The predicted molar refractivity (Wildman–Crippen MR) is 92.3 cm³/mol. The van der Waals surface area contributed by atoms with Crippen molar-refractivity contribution in [3.8, 4) is 0 Å². The van der Waals surface area contributed by atoms with Gasteiger partial charge in [0, 0.05) is 32.7 Å². The number of esters is 1. The Kier molecular flexibility index (Phi) is 7.16. The fraction of sp³-hybridized carbons (Fsp3) is 0.562. The molecule has 1 aromatic rings. The molecule has 0 radical (unpaired) electrons. The van der Waals surface area contributed by atoms with Crippen molar-refractivity contribution in [1.29, 1.82) is 0 Å². The third kappa shape index (κ3) is 6.20. The molecule has 24 heavy (non-hydrogen) atoms. The first-order valence-corrected chi connectivity index (χ1v) is 9.73. The monoisotopic (exact) mass is 355 g/mol. The molecule has 0 spiro atoms. The minimum atomic E-state index is -3.42. The van der Waals surface area contributed by atoms with Gasteiger partial charge in [-0.3, -0.25) is 0 Å². The van der Waals surface area contributed by atoms with Crippen LogP contribution in [0, 0.1) is 0 Å². The molecule has 1 aromatic carbocycles. The fourth-order valence-corrected chi connectivity index (χ4v) is 3.82. The Hall–Kier alpha value is -1.48. The zero-order valence-electron chi connectivity index (χ0n) is 14.0. The molecule has 0 bridgehead atoms. The summed E-state index contributed by atoms with van der Waals surface area (Å²) in [6, 6.07) is 6.49. The summed E-state index contributed by atoms with van der Waals surface area (Å²) < 4.78 is 31.6. The zero-order valence-corrected chi connectivity index (χ0v) is 14.8. The van der Waals surface area contributed by atoms with Gasteiger partial charge in [-0.15, -0.1) is 0 Å². The van der Waals surface area contributed by atoms with Crippen LogP contribution in [0.4, 0.5) is 0 Å². The maximum atomic E-state index is 12.2. The lowest BCUT2D eigenvalue weighted by Gasteiger charge is -2.27. The second-order valence-electron chi connectivity index (χ2n) is 5.79. The number of carbonyl (C=O) groups is 1. The van der Waals surface area contributed by atoms with Crippen LogP contribution >= 0.6 is 0 Å². The van der Waals surface area contributed by atoms with Crippen LogP contribution in [0.3, 0.4) is 0 Å². The highest BCUT2D eigenvalue weighted by Crippen LogP contribution is 2.10. The Morgan fingerprint density at radius 2 is 2.08 bits per heavy atom. The van der Waals surface area contributed by atoms with Gasteiger partial charge >= 0.3 is 5.97 Å². The lowest BCUT2D eigenvalue weighted by atomic mass is 10.1. The number of hydrogen-bond donors (Lipinski definition) is 2. The summed E-state index contributed by atoms with van der Waals surface area (Å²) in [7, 11) is -2.12. The molecule has 7 nitrogen and oxygen atoms in total. The number of piperazine rings is 1. The summed E-state index contributed by atoms with van der Waals surface area (Å²) in [4.78, 5) is 13.8. The number of carbonyl (C=O) groups excluding carboxylic acids is 1. The van der Waals surface area contributed by atoms with E-state index in [1.807, 2.05) is 0 Å². The summed E-state index contributed by atoms with van der Waals surface area (Å²) in [6.45, 7) is 5.30. The molecule has 1 fully saturated rings. The Labute approximate surface area is 143 Å². The number of hydrogen-bond acceptors (Lipinski definition) is 6. The summed E-state index contributed by atoms with van der Waals surface area (Å²) in [5.41, 5.74) is 0.913. The van der Waals surface area contributed by atoms with Crippen molar-refractivity contribution < 1.29 is 17.9 Å². The minimum Gasteiger partial charge on any atom is -0.465 e. The van der Waals surface area contributed by atoms with Crippen LogP contribution in [0.25, 0.3) is 0 Å². The van der Waals surface area contributed by atoms with E-state index in [1.54, 1.807) is 24.3 Å². The van der Waals surface area contributed by atoms with E-state index in [1.165, 1.54) is 7.11 Å². The molecular weight excluding hydrogens is 330 g/mol. The van der Waals surface area contributed by atoms with Crippen LogP contribution < -0.4 is 10.0 Å². The highest BCUT2D eigenvalue weighted by Gasteiger charge is 2.14. The van der Waals surface area contributed by atoms with Crippen LogP contribution in [0.5, 0.6) is 0 Å². The van der Waals surface area contributed by atoms with E-state index in [2.05, 4.69) is 19.7 Å². The number of nitrogens with zero attached hydrogens (tertiary/aromatic N) is 1. The van der Waals surface area contributed by atoms with E-state index in [9.17, 15) is 13.2 Å². The number of rotatable bonds is 8. The number of nitrogens with one attached hydrogen (secondary N) is 2. The number of methoxy groups -OCH3 is 1. The first kappa shape index (κ1) is 18.9. The summed E-state index contributed by atoms with van der Waals surface area (Å²) in [5.74, 6) is -0.621. The van der Waals surface area contributed by atoms with Crippen molar-refractivity contribution in [2.75, 3.05) is 46.4 Å². The number of benzene rings is 1. The number of ether oxygens (including phenoxy) is 1. The van der Waals surface area contributed by atoms with Gasteiger partial charge in [-0.25, -0.2) is 17.9 Å². The molecule has 2 rings (SSSR count). The van der Waals surface area contributed by atoms with Gasteiger partial charge in [0.1, 0.15) is 0 Å². The second-order valence-corrected chi connectivity index (χ2v) is 7.60. The highest BCUT2D eigenvalue weighted by atomic mass is 32.2. The summed E-state index contributed by atoms with van der Waals surface area (Å²) in [5, 5.41) is 3.29. The molecule has 0 atom stereocenters. The smallest absolute Gasteiger partial charge is 0.337 e. The van der Waals surface area contributed by atoms with Gasteiger partial charge in [-0.05, 0) is 30.7 Å². The molecule has 1 aliphatic rings. The van der Waals surface area contributed by atoms with Crippen molar-refractivity contribution in [2.24, 2.45) is 0 Å². The normalized spacial score (nSPS) is 16.0. The molecule has 1 heterocycles. The quantitative estimate of drug-likeness (QED) is 0.511. The van der Waals surface area contributed by atoms with Crippen LogP contribution in [0.15, 0.2) is 24.3 Å². The van der Waals surface area contributed by atoms with E-state index >= 15 is 0 Å². The molecule has 0 unspecified atom stereocenters. The van der Waals surface area contributed by atoms with Gasteiger partial charge < -0.3 is 15.0 Å². The minimum absolute atomic E-state index is 0.147. The zero-order chi connectivity index (χ0) is 17.4. The van der Waals surface area contributed by atoms with Gasteiger partial charge in [0.15, 0.2) is 0 Å². The Balaban J connectivity index is 1.79. The maximum Gasteiger partial charge on any atom is 0.337 e. The average Bonchev–Trinajstić information content (AvgIpc) is 2.59. The van der Waals surface area contributed by atoms with Crippen LogP contribution in [-0.4, -0.2) is 65.7 Å². The van der Waals surface area contributed by atoms with E-state index in [0.29, 0.717) is 17.7 Å². The SMILES string of the molecule is COC(=O)c1cccc(CS(=O)(=O)NCCCN2CCNCC2)c1. The molecule has 134 valence electrons. The third-order valence-electron chi connectivity index (χ3n) is 3.89. The van der Waals surface area contributed by atoms with Gasteiger partial charge in [0.05, 0.1) is 18.4 Å². The molecule has 0 aliphatic carbocycles. The molecule has 0 aromatic heterocycles. The molecule has 2 N–H and O–H groups in total. The van der Waals surface area contributed by atoms with Crippen molar-refractivity contribution in [1.82, 2.24) is 14.9 Å². The molecule has 8 heteroatoms. The Morgan fingerprint density at radius 1 is 1.33 bits per heavy atom. The van der Waals surface area contributed by atoms with Crippen molar-refractivity contribution >= 4 is 16.0 Å². The molecule has 1 aliphatic heterocycles. The van der Waals surface area contributed by atoms with Gasteiger partial charge in [-0.2, -0.15) is 0 Å². The average molecular weight is 355 g/mol. The Bertz CT molecular complexity index is 642. The van der Waals surface area contributed by atoms with Gasteiger partial charge in [-0.1, -0.05) is 12.1 Å². The van der Waals surface area contributed by atoms with Crippen LogP contribution in [-0.2, 0) is 20.5 Å². The predicted octanol–water partition coefficient (Wildman–Crippen LogP) is 0.188. The van der Waals surface area contributed by atoms with Crippen molar-refractivity contribution in [3.63, 3.8) is 0 Å². The summed E-state index contributed by atoms with van der Waals surface area (Å²) in [6.07, 6.45) is 0.779. The van der Waals surface area contributed by atoms with E-state index in [-0.39, 0.29) is 5.75 Å². The van der Waals surface area contributed by atoms with E-state index < -0.39 is 16.0 Å². The van der Waals surface area contributed by atoms with E-state index in [0.717, 1.165) is 39.1 Å². The second kappa shape index (κ2) is 9.12. The standard InChI is InChI=1S/C16H25N3O4S/c1-23-16(20)15-5-2-4-14(12-15)13-24(21,22)18-6-3-9-19-10-7-17-8-11-19/h2,4-5,12,17-18H,3,6-11,13H2,1H3. The molecule has 1 saturated heterocycles. The Morgan fingerprint density at radius 3 is 2.79 bits per heavy atom.